The zero-order valence-corrected chi connectivity index (χ0v) is 10.0. The molecule has 1 amide bonds. The van der Waals surface area contributed by atoms with Crippen LogP contribution >= 0.6 is 0 Å². The van der Waals surface area contributed by atoms with Gasteiger partial charge in [-0.25, -0.2) is 0 Å². The molecule has 0 atom stereocenters. The summed E-state index contributed by atoms with van der Waals surface area (Å²) in [6, 6.07) is 11.7. The molecule has 0 bridgehead atoms. The van der Waals surface area contributed by atoms with Gasteiger partial charge in [0.05, 0.1) is 0 Å². The molecule has 90 valence electrons. The third-order valence-electron chi connectivity index (χ3n) is 3.28. The molecule has 3 rings (SSSR count). The Morgan fingerprint density at radius 3 is 2.72 bits per heavy atom. The Morgan fingerprint density at radius 1 is 1.11 bits per heavy atom. The number of rotatable bonds is 1. The lowest BCUT2D eigenvalue weighted by atomic mass is 10.0. The fourth-order valence-electron chi connectivity index (χ4n) is 2.39. The molecule has 0 aliphatic carbocycles. The first-order valence-electron chi connectivity index (χ1n) is 6.16. The number of carbonyl (C=O) groups excluding carboxylic acids is 1. The van der Waals surface area contributed by atoms with Crippen LogP contribution in [-0.2, 0) is 6.42 Å². The average Bonchev–Trinajstić information content (AvgIpc) is 2.47. The van der Waals surface area contributed by atoms with Gasteiger partial charge in [-0.05, 0) is 36.6 Å². The highest BCUT2D eigenvalue weighted by Crippen LogP contribution is 2.27. The smallest absolute Gasteiger partial charge is 0.258 e. The van der Waals surface area contributed by atoms with E-state index in [9.17, 15) is 4.79 Å². The average molecular weight is 238 g/mol. The van der Waals surface area contributed by atoms with Crippen molar-refractivity contribution in [1.29, 1.82) is 0 Å². The van der Waals surface area contributed by atoms with Crippen LogP contribution in [0.4, 0.5) is 5.69 Å². The van der Waals surface area contributed by atoms with Gasteiger partial charge in [0.25, 0.3) is 5.91 Å². The molecule has 0 saturated heterocycles. The predicted molar refractivity (Wildman–Crippen MR) is 70.7 cm³/mol. The van der Waals surface area contributed by atoms with E-state index in [4.69, 9.17) is 0 Å². The third-order valence-corrected chi connectivity index (χ3v) is 3.28. The van der Waals surface area contributed by atoms with E-state index in [1.807, 2.05) is 23.1 Å². The number of carbonyl (C=O) groups is 1. The van der Waals surface area contributed by atoms with Gasteiger partial charge in [-0.1, -0.05) is 18.2 Å². The zero-order chi connectivity index (χ0) is 12.4. The van der Waals surface area contributed by atoms with Crippen molar-refractivity contribution in [3.05, 3.63) is 59.9 Å². The summed E-state index contributed by atoms with van der Waals surface area (Å²) in [6.45, 7) is 0.790. The minimum Gasteiger partial charge on any atom is -0.308 e. The SMILES string of the molecule is O=C(c1ccncc1)N1CCCc2ccccc21. The summed E-state index contributed by atoms with van der Waals surface area (Å²) < 4.78 is 0. The van der Waals surface area contributed by atoms with Gasteiger partial charge in [-0.15, -0.1) is 0 Å². The van der Waals surface area contributed by atoms with Crippen LogP contribution in [0.3, 0.4) is 0 Å². The van der Waals surface area contributed by atoms with Gasteiger partial charge in [0.1, 0.15) is 0 Å². The highest BCUT2D eigenvalue weighted by atomic mass is 16.2. The van der Waals surface area contributed by atoms with Gasteiger partial charge in [0, 0.05) is 30.2 Å². The van der Waals surface area contributed by atoms with E-state index >= 15 is 0 Å². The number of para-hydroxylation sites is 1. The minimum atomic E-state index is 0.0598. The van der Waals surface area contributed by atoms with Crippen molar-refractivity contribution in [2.75, 3.05) is 11.4 Å². The Hall–Kier alpha value is -2.16. The van der Waals surface area contributed by atoms with Crippen molar-refractivity contribution in [2.24, 2.45) is 0 Å². The summed E-state index contributed by atoms with van der Waals surface area (Å²) in [4.78, 5) is 18.3. The number of nitrogens with zero attached hydrogens (tertiary/aromatic N) is 2. The number of fused-ring (bicyclic) bond motifs is 1. The Bertz CT molecular complexity index is 566. The molecular weight excluding hydrogens is 224 g/mol. The van der Waals surface area contributed by atoms with Crippen molar-refractivity contribution in [2.45, 2.75) is 12.8 Å². The van der Waals surface area contributed by atoms with Crippen LogP contribution in [0.1, 0.15) is 22.3 Å². The quantitative estimate of drug-likeness (QED) is 0.765. The van der Waals surface area contributed by atoms with E-state index in [0.717, 1.165) is 25.1 Å². The van der Waals surface area contributed by atoms with Gasteiger partial charge < -0.3 is 4.90 Å². The molecule has 0 saturated carbocycles. The Morgan fingerprint density at radius 2 is 1.89 bits per heavy atom. The lowest BCUT2D eigenvalue weighted by Gasteiger charge is -2.29. The van der Waals surface area contributed by atoms with Crippen molar-refractivity contribution in [3.8, 4) is 0 Å². The number of hydrogen-bond acceptors (Lipinski definition) is 2. The lowest BCUT2D eigenvalue weighted by Crippen LogP contribution is -2.35. The first kappa shape index (κ1) is 11.0. The molecule has 1 aliphatic rings. The highest BCUT2D eigenvalue weighted by molar-refractivity contribution is 6.06. The Kier molecular flexibility index (Phi) is 2.81. The maximum atomic E-state index is 12.5. The highest BCUT2D eigenvalue weighted by Gasteiger charge is 2.22. The van der Waals surface area contributed by atoms with Crippen LogP contribution < -0.4 is 4.90 Å². The molecule has 18 heavy (non-hydrogen) atoms. The summed E-state index contributed by atoms with van der Waals surface area (Å²) in [7, 11) is 0. The fourth-order valence-corrected chi connectivity index (χ4v) is 2.39. The standard InChI is InChI=1S/C15H14N2O/c18-15(13-7-9-16-10-8-13)17-11-3-5-12-4-1-2-6-14(12)17/h1-2,4,6-10H,3,5,11H2. The Labute approximate surface area is 106 Å². The van der Waals surface area contributed by atoms with Gasteiger partial charge >= 0.3 is 0 Å². The summed E-state index contributed by atoms with van der Waals surface area (Å²) in [5, 5.41) is 0. The topological polar surface area (TPSA) is 33.2 Å². The lowest BCUT2D eigenvalue weighted by molar-refractivity contribution is 0.0985. The summed E-state index contributed by atoms with van der Waals surface area (Å²) in [5.74, 6) is 0.0598. The molecule has 3 heteroatoms. The molecule has 2 aromatic rings. The summed E-state index contributed by atoms with van der Waals surface area (Å²) >= 11 is 0. The zero-order valence-electron chi connectivity index (χ0n) is 10.0. The van der Waals surface area contributed by atoms with Crippen LogP contribution in [0.15, 0.2) is 48.8 Å². The molecule has 1 aromatic heterocycles. The van der Waals surface area contributed by atoms with Crippen molar-refractivity contribution >= 4 is 11.6 Å². The van der Waals surface area contributed by atoms with E-state index < -0.39 is 0 Å². The van der Waals surface area contributed by atoms with E-state index in [-0.39, 0.29) is 5.91 Å². The van der Waals surface area contributed by atoms with Crippen LogP contribution in [0.2, 0.25) is 0 Å². The molecule has 1 aromatic carbocycles. The molecule has 2 heterocycles. The second kappa shape index (κ2) is 4.61. The largest absolute Gasteiger partial charge is 0.308 e. The molecular formula is C15H14N2O. The number of hydrogen-bond donors (Lipinski definition) is 0. The number of benzene rings is 1. The maximum Gasteiger partial charge on any atom is 0.258 e. The number of pyridine rings is 1. The summed E-state index contributed by atoms with van der Waals surface area (Å²) in [6.07, 6.45) is 5.39. The minimum absolute atomic E-state index is 0.0598. The number of aryl methyl sites for hydroxylation is 1. The normalized spacial score (nSPS) is 14.1. The van der Waals surface area contributed by atoms with Crippen LogP contribution in [0, 0.1) is 0 Å². The van der Waals surface area contributed by atoms with E-state index in [1.165, 1.54) is 5.56 Å². The molecule has 0 radical (unpaired) electrons. The second-order valence-electron chi connectivity index (χ2n) is 4.42. The molecule has 1 aliphatic heterocycles. The molecule has 0 fully saturated rings. The van der Waals surface area contributed by atoms with E-state index in [0.29, 0.717) is 5.56 Å². The van der Waals surface area contributed by atoms with E-state index in [2.05, 4.69) is 11.1 Å². The molecule has 0 spiro atoms. The number of amides is 1. The van der Waals surface area contributed by atoms with Gasteiger partial charge in [0.15, 0.2) is 0 Å². The fraction of sp³-hybridized carbons (Fsp3) is 0.200. The monoisotopic (exact) mass is 238 g/mol. The second-order valence-corrected chi connectivity index (χ2v) is 4.42. The number of anilines is 1. The number of aromatic nitrogens is 1. The Balaban J connectivity index is 1.97. The maximum absolute atomic E-state index is 12.5. The van der Waals surface area contributed by atoms with Crippen molar-refractivity contribution in [1.82, 2.24) is 4.98 Å². The third kappa shape index (κ3) is 1.88. The van der Waals surface area contributed by atoms with Crippen LogP contribution in [0.25, 0.3) is 0 Å². The van der Waals surface area contributed by atoms with Gasteiger partial charge in [-0.3, -0.25) is 9.78 Å². The van der Waals surface area contributed by atoms with Gasteiger partial charge in [0.2, 0.25) is 0 Å². The molecule has 3 nitrogen and oxygen atoms in total. The molecule has 0 unspecified atom stereocenters. The first-order chi connectivity index (χ1) is 8.86. The van der Waals surface area contributed by atoms with Crippen molar-refractivity contribution in [3.63, 3.8) is 0 Å². The summed E-state index contributed by atoms with van der Waals surface area (Å²) in [5.41, 5.74) is 3.00. The van der Waals surface area contributed by atoms with Gasteiger partial charge in [-0.2, -0.15) is 0 Å². The predicted octanol–water partition coefficient (Wildman–Crippen LogP) is 2.67. The first-order valence-corrected chi connectivity index (χ1v) is 6.16. The van der Waals surface area contributed by atoms with E-state index in [1.54, 1.807) is 24.5 Å². The van der Waals surface area contributed by atoms with Crippen LogP contribution in [-0.4, -0.2) is 17.4 Å². The molecule has 0 N–H and O–H groups in total. The van der Waals surface area contributed by atoms with Crippen LogP contribution in [0.5, 0.6) is 0 Å². The van der Waals surface area contributed by atoms with Crippen molar-refractivity contribution < 1.29 is 4.79 Å².